The highest BCUT2D eigenvalue weighted by Crippen LogP contribution is 2.21. The maximum absolute atomic E-state index is 5.60. The number of rotatable bonds is 6. The lowest BCUT2D eigenvalue weighted by Crippen LogP contribution is -2.12. The summed E-state index contributed by atoms with van der Waals surface area (Å²) in [4.78, 5) is 0. The van der Waals surface area contributed by atoms with Crippen LogP contribution in [-0.2, 0) is 0 Å². The zero-order valence-corrected chi connectivity index (χ0v) is 10.7. The van der Waals surface area contributed by atoms with Crippen molar-refractivity contribution >= 4 is 19.8 Å². The van der Waals surface area contributed by atoms with Gasteiger partial charge in [-0.25, -0.2) is 0 Å². The highest BCUT2D eigenvalue weighted by atomic mass is 16.6. The van der Waals surface area contributed by atoms with Gasteiger partial charge in [-0.15, -0.1) is 0 Å². The minimum absolute atomic E-state index is 0.149. The van der Waals surface area contributed by atoms with Gasteiger partial charge < -0.3 is 9.31 Å². The van der Waals surface area contributed by atoms with E-state index in [1.807, 2.05) is 48.5 Å². The minimum Gasteiger partial charge on any atom is -0.528 e. The molecule has 0 atom stereocenters. The van der Waals surface area contributed by atoms with E-state index in [-0.39, 0.29) is 7.69 Å². The van der Waals surface area contributed by atoms with Gasteiger partial charge in [0.15, 0.2) is 0 Å². The number of hydrogen-bond acceptors (Lipinski definition) is 2. The van der Waals surface area contributed by atoms with Crippen molar-refractivity contribution in [3.63, 3.8) is 0 Å². The molecule has 0 bridgehead atoms. The molecule has 0 saturated carbocycles. The molecule has 0 aliphatic carbocycles. The van der Waals surface area contributed by atoms with Crippen LogP contribution in [0.4, 0.5) is 0 Å². The van der Waals surface area contributed by atoms with E-state index in [9.17, 15) is 0 Å². The van der Waals surface area contributed by atoms with Crippen LogP contribution < -0.4 is 9.31 Å². The van der Waals surface area contributed by atoms with Gasteiger partial charge in [0.05, 0.1) is 0 Å². The Morgan fingerprint density at radius 1 is 0.737 bits per heavy atom. The lowest BCUT2D eigenvalue weighted by molar-refractivity contribution is 0.458. The summed E-state index contributed by atoms with van der Waals surface area (Å²) in [5, 5.41) is 0. The standard InChI is InChI=1S/C16H15BO2/c1-3-13-9-5-7-11-15(13)18-17-19-16-12-8-6-10-14(16)4-2/h3-12,17H,1-2H2. The molecule has 3 heteroatoms. The molecule has 0 fully saturated rings. The van der Waals surface area contributed by atoms with E-state index in [0.717, 1.165) is 22.6 Å². The molecule has 0 N–H and O–H groups in total. The largest absolute Gasteiger partial charge is 0.576 e. The molecule has 2 rings (SSSR count). The molecule has 0 spiro atoms. The SMILES string of the molecule is C=Cc1ccccc1OBOc1ccccc1C=C. The van der Waals surface area contributed by atoms with Crippen molar-refractivity contribution in [2.45, 2.75) is 0 Å². The maximum Gasteiger partial charge on any atom is 0.576 e. The Bertz CT molecular complexity index is 527. The van der Waals surface area contributed by atoms with Crippen LogP contribution in [0.3, 0.4) is 0 Å². The second-order valence-electron chi connectivity index (χ2n) is 3.89. The smallest absolute Gasteiger partial charge is 0.528 e. The van der Waals surface area contributed by atoms with Crippen LogP contribution in [0.5, 0.6) is 11.5 Å². The van der Waals surface area contributed by atoms with Gasteiger partial charge >= 0.3 is 7.69 Å². The molecule has 94 valence electrons. The Hall–Kier alpha value is -2.42. The number of benzene rings is 2. The summed E-state index contributed by atoms with van der Waals surface area (Å²) >= 11 is 0. The lowest BCUT2D eigenvalue weighted by Gasteiger charge is -2.11. The summed E-state index contributed by atoms with van der Waals surface area (Å²) in [6, 6.07) is 15.4. The first-order valence-electron chi connectivity index (χ1n) is 6.03. The molecule has 0 unspecified atom stereocenters. The molecule has 0 aliphatic heterocycles. The Labute approximate surface area is 114 Å². The van der Waals surface area contributed by atoms with Crippen LogP contribution in [0.15, 0.2) is 61.7 Å². The van der Waals surface area contributed by atoms with Crippen molar-refractivity contribution in [2.24, 2.45) is 0 Å². The summed E-state index contributed by atoms with van der Waals surface area (Å²) < 4.78 is 11.2. The predicted octanol–water partition coefficient (Wildman–Crippen LogP) is 3.70. The third kappa shape index (κ3) is 3.29. The quantitative estimate of drug-likeness (QED) is 0.728. The van der Waals surface area contributed by atoms with E-state index in [0.29, 0.717) is 0 Å². The van der Waals surface area contributed by atoms with Crippen LogP contribution in [-0.4, -0.2) is 7.69 Å². The predicted molar refractivity (Wildman–Crippen MR) is 81.5 cm³/mol. The third-order valence-electron chi connectivity index (χ3n) is 2.71. The normalized spacial score (nSPS) is 9.47. The van der Waals surface area contributed by atoms with E-state index < -0.39 is 0 Å². The van der Waals surface area contributed by atoms with E-state index >= 15 is 0 Å². The van der Waals surface area contributed by atoms with Crippen molar-refractivity contribution in [2.75, 3.05) is 0 Å². The van der Waals surface area contributed by atoms with Crippen molar-refractivity contribution in [1.29, 1.82) is 0 Å². The van der Waals surface area contributed by atoms with Gasteiger partial charge in [0, 0.05) is 11.1 Å². The third-order valence-corrected chi connectivity index (χ3v) is 2.71. The van der Waals surface area contributed by atoms with Crippen LogP contribution >= 0.6 is 0 Å². The van der Waals surface area contributed by atoms with Crippen molar-refractivity contribution in [3.05, 3.63) is 72.8 Å². The van der Waals surface area contributed by atoms with Gasteiger partial charge in [0.1, 0.15) is 11.5 Å². The summed E-state index contributed by atoms with van der Waals surface area (Å²) in [5.41, 5.74) is 1.89. The van der Waals surface area contributed by atoms with Crippen LogP contribution in [0, 0.1) is 0 Å². The van der Waals surface area contributed by atoms with Gasteiger partial charge in [0.25, 0.3) is 0 Å². The van der Waals surface area contributed by atoms with Gasteiger partial charge in [0.2, 0.25) is 0 Å². The fraction of sp³-hybridized carbons (Fsp3) is 0. The minimum atomic E-state index is 0.149. The molecule has 0 amide bonds. The Morgan fingerprint density at radius 2 is 1.16 bits per heavy atom. The monoisotopic (exact) mass is 250 g/mol. The zero-order chi connectivity index (χ0) is 13.5. The van der Waals surface area contributed by atoms with E-state index in [1.54, 1.807) is 12.2 Å². The average molecular weight is 250 g/mol. The number of hydrogen-bond donors (Lipinski definition) is 0. The number of para-hydroxylation sites is 2. The van der Waals surface area contributed by atoms with Crippen molar-refractivity contribution in [1.82, 2.24) is 0 Å². The Kier molecular flexibility index (Phi) is 4.46. The topological polar surface area (TPSA) is 18.5 Å². The van der Waals surface area contributed by atoms with Crippen molar-refractivity contribution in [3.8, 4) is 11.5 Å². The Balaban J connectivity index is 2.00. The van der Waals surface area contributed by atoms with Gasteiger partial charge in [-0.1, -0.05) is 61.7 Å². The summed E-state index contributed by atoms with van der Waals surface area (Å²) in [6.45, 7) is 7.50. The molecule has 0 aromatic heterocycles. The second-order valence-corrected chi connectivity index (χ2v) is 3.89. The molecule has 0 heterocycles. The first-order valence-corrected chi connectivity index (χ1v) is 6.03. The van der Waals surface area contributed by atoms with E-state index in [2.05, 4.69) is 13.2 Å². The second kappa shape index (κ2) is 6.50. The summed E-state index contributed by atoms with van der Waals surface area (Å²) in [5.74, 6) is 1.52. The molecule has 0 saturated heterocycles. The molecule has 2 aromatic rings. The van der Waals surface area contributed by atoms with Crippen LogP contribution in [0.25, 0.3) is 12.2 Å². The molecule has 2 nitrogen and oxygen atoms in total. The molecule has 19 heavy (non-hydrogen) atoms. The average Bonchev–Trinajstić information content (AvgIpc) is 2.48. The van der Waals surface area contributed by atoms with Gasteiger partial charge in [-0.2, -0.15) is 0 Å². The molecule has 2 aromatic carbocycles. The zero-order valence-electron chi connectivity index (χ0n) is 10.7. The van der Waals surface area contributed by atoms with Gasteiger partial charge in [-0.05, 0) is 12.1 Å². The summed E-state index contributed by atoms with van der Waals surface area (Å²) in [6.07, 6.45) is 3.51. The maximum atomic E-state index is 5.60. The fourth-order valence-corrected chi connectivity index (χ4v) is 1.72. The highest BCUT2D eigenvalue weighted by Gasteiger charge is 2.04. The van der Waals surface area contributed by atoms with E-state index in [1.165, 1.54) is 0 Å². The molecule has 0 radical (unpaired) electrons. The van der Waals surface area contributed by atoms with Crippen molar-refractivity contribution < 1.29 is 9.31 Å². The summed E-state index contributed by atoms with van der Waals surface area (Å²) in [7, 11) is 0.149. The van der Waals surface area contributed by atoms with Crippen LogP contribution in [0.2, 0.25) is 0 Å². The highest BCUT2D eigenvalue weighted by molar-refractivity contribution is 6.21. The van der Waals surface area contributed by atoms with Crippen LogP contribution in [0.1, 0.15) is 11.1 Å². The molecular weight excluding hydrogens is 235 g/mol. The lowest BCUT2D eigenvalue weighted by atomic mass is 10.2. The Morgan fingerprint density at radius 3 is 1.58 bits per heavy atom. The molecular formula is C16H15BO2. The van der Waals surface area contributed by atoms with Gasteiger partial charge in [-0.3, -0.25) is 0 Å². The van der Waals surface area contributed by atoms with E-state index in [4.69, 9.17) is 9.31 Å². The first-order chi connectivity index (χ1) is 9.35. The first kappa shape index (κ1) is 13.0. The fourth-order valence-electron chi connectivity index (χ4n) is 1.72. The molecule has 0 aliphatic rings.